The van der Waals surface area contributed by atoms with Gasteiger partial charge in [-0.1, -0.05) is 0 Å². The van der Waals surface area contributed by atoms with Crippen LogP contribution in [0, 0.1) is 24.1 Å². The lowest BCUT2D eigenvalue weighted by Crippen LogP contribution is -2.31. The number of pyridine rings is 1. The number of amides is 1. The Morgan fingerprint density at radius 2 is 1.93 bits per heavy atom. The molecule has 0 saturated heterocycles. The Hall–Kier alpha value is -4.19. The van der Waals surface area contributed by atoms with Gasteiger partial charge in [0.15, 0.2) is 5.69 Å². The number of nitrogens with zero attached hydrogens (tertiary/aromatic N) is 5. The maximum Gasteiger partial charge on any atom is 0.292 e. The Morgan fingerprint density at radius 1 is 1.25 bits per heavy atom. The molecule has 0 unspecified atom stereocenters. The van der Waals surface area contributed by atoms with E-state index in [0.29, 0.717) is 5.56 Å². The van der Waals surface area contributed by atoms with Crippen LogP contribution in [0.4, 0.5) is 4.39 Å². The number of nitrogens with one attached hydrogen (secondary N) is 1. The Bertz CT molecular complexity index is 1150. The van der Waals surface area contributed by atoms with Gasteiger partial charge in [0.1, 0.15) is 17.4 Å². The van der Waals surface area contributed by atoms with Crippen molar-refractivity contribution in [2.45, 2.75) is 6.92 Å². The minimum absolute atomic E-state index is 0.127. The average Bonchev–Trinajstić information content (AvgIpc) is 2.70. The first kappa shape index (κ1) is 18.6. The van der Waals surface area contributed by atoms with E-state index in [1.54, 1.807) is 30.6 Å². The molecule has 0 bridgehead atoms. The first-order chi connectivity index (χ1) is 13.5. The quantitative estimate of drug-likeness (QED) is 0.550. The lowest BCUT2D eigenvalue weighted by Gasteiger charge is -2.10. The van der Waals surface area contributed by atoms with E-state index in [1.807, 2.05) is 0 Å². The smallest absolute Gasteiger partial charge is 0.266 e. The van der Waals surface area contributed by atoms with Crippen molar-refractivity contribution in [1.29, 1.82) is 5.26 Å². The summed E-state index contributed by atoms with van der Waals surface area (Å²) >= 11 is 0. The monoisotopic (exact) mass is 376 g/mol. The highest BCUT2D eigenvalue weighted by atomic mass is 19.1. The Kier molecular flexibility index (Phi) is 5.32. The van der Waals surface area contributed by atoms with E-state index in [1.165, 1.54) is 25.3 Å². The molecule has 0 aliphatic rings. The molecular weight excluding hydrogens is 363 g/mol. The van der Waals surface area contributed by atoms with Gasteiger partial charge in [-0.05, 0) is 48.9 Å². The molecule has 0 aliphatic heterocycles. The number of carbonyl (C=O) groups is 1. The number of benzene rings is 1. The molecule has 2 heterocycles. The highest BCUT2D eigenvalue weighted by Crippen LogP contribution is 2.11. The van der Waals surface area contributed by atoms with Crippen molar-refractivity contribution in [2.24, 2.45) is 5.10 Å². The zero-order valence-corrected chi connectivity index (χ0v) is 14.6. The van der Waals surface area contributed by atoms with E-state index in [9.17, 15) is 19.2 Å². The van der Waals surface area contributed by atoms with Crippen LogP contribution in [0.25, 0.3) is 5.69 Å². The fraction of sp³-hybridized carbons (Fsp3) is 0.0526. The van der Waals surface area contributed by atoms with Gasteiger partial charge in [-0.2, -0.15) is 20.1 Å². The second-order valence-corrected chi connectivity index (χ2v) is 5.63. The summed E-state index contributed by atoms with van der Waals surface area (Å²) < 4.78 is 14.0. The van der Waals surface area contributed by atoms with Crippen molar-refractivity contribution in [3.8, 4) is 11.8 Å². The maximum atomic E-state index is 13.2. The Balaban J connectivity index is 1.98. The SMILES string of the molecule is Cc1c(C(=O)N/N=C/c2ccncc2)nn(-c2ccc(F)cc2)c(=O)c1C#N. The third-order valence-corrected chi connectivity index (χ3v) is 3.82. The molecular formula is C19H13FN6O2. The molecule has 1 amide bonds. The van der Waals surface area contributed by atoms with Crippen molar-refractivity contribution >= 4 is 12.1 Å². The molecule has 0 aliphatic carbocycles. The van der Waals surface area contributed by atoms with E-state index >= 15 is 0 Å². The molecule has 2 aromatic heterocycles. The Morgan fingerprint density at radius 3 is 2.57 bits per heavy atom. The number of hydrazone groups is 1. The fourth-order valence-electron chi connectivity index (χ4n) is 2.38. The van der Waals surface area contributed by atoms with Gasteiger partial charge in [-0.25, -0.2) is 9.82 Å². The lowest BCUT2D eigenvalue weighted by atomic mass is 10.1. The van der Waals surface area contributed by atoms with Crippen LogP contribution in [0.3, 0.4) is 0 Å². The van der Waals surface area contributed by atoms with E-state index in [-0.39, 0.29) is 22.5 Å². The third kappa shape index (κ3) is 3.81. The summed E-state index contributed by atoms with van der Waals surface area (Å²) in [5.74, 6) is -1.19. The summed E-state index contributed by atoms with van der Waals surface area (Å²) in [7, 11) is 0. The lowest BCUT2D eigenvalue weighted by molar-refractivity contribution is 0.0947. The predicted octanol–water partition coefficient (Wildman–Crippen LogP) is 1.71. The summed E-state index contributed by atoms with van der Waals surface area (Å²) in [4.78, 5) is 28.9. The molecule has 3 rings (SSSR count). The molecule has 3 aromatic rings. The van der Waals surface area contributed by atoms with Crippen LogP contribution >= 0.6 is 0 Å². The van der Waals surface area contributed by atoms with Gasteiger partial charge in [0.2, 0.25) is 0 Å². The molecule has 0 atom stereocenters. The summed E-state index contributed by atoms with van der Waals surface area (Å²) in [5.41, 5.74) is 2.29. The molecule has 9 heteroatoms. The second-order valence-electron chi connectivity index (χ2n) is 5.63. The molecule has 0 radical (unpaired) electrons. The normalized spacial score (nSPS) is 10.6. The van der Waals surface area contributed by atoms with E-state index < -0.39 is 17.3 Å². The van der Waals surface area contributed by atoms with Crippen LogP contribution in [0.1, 0.15) is 27.2 Å². The highest BCUT2D eigenvalue weighted by Gasteiger charge is 2.20. The van der Waals surface area contributed by atoms with Crippen molar-refractivity contribution in [3.05, 3.63) is 87.3 Å². The highest BCUT2D eigenvalue weighted by molar-refractivity contribution is 5.94. The van der Waals surface area contributed by atoms with Gasteiger partial charge < -0.3 is 0 Å². The van der Waals surface area contributed by atoms with Crippen molar-refractivity contribution < 1.29 is 9.18 Å². The first-order valence-corrected chi connectivity index (χ1v) is 8.04. The number of hydrogen-bond donors (Lipinski definition) is 1. The molecule has 0 saturated carbocycles. The van der Waals surface area contributed by atoms with Crippen molar-refractivity contribution in [3.63, 3.8) is 0 Å². The predicted molar refractivity (Wildman–Crippen MR) is 98.5 cm³/mol. The summed E-state index contributed by atoms with van der Waals surface area (Å²) in [6, 6.07) is 10.1. The number of halogens is 1. The third-order valence-electron chi connectivity index (χ3n) is 3.82. The second kappa shape index (κ2) is 8.01. The molecule has 1 N–H and O–H groups in total. The number of aromatic nitrogens is 3. The molecule has 138 valence electrons. The topological polar surface area (TPSA) is 113 Å². The molecule has 28 heavy (non-hydrogen) atoms. The van der Waals surface area contributed by atoms with Crippen LogP contribution in [0.2, 0.25) is 0 Å². The average molecular weight is 376 g/mol. The standard InChI is InChI=1S/C19H13FN6O2/c1-12-16(10-21)19(28)26(15-4-2-14(20)3-5-15)25-17(12)18(27)24-23-11-13-6-8-22-9-7-13/h2-9,11H,1H3,(H,24,27)/b23-11+. The van der Waals surface area contributed by atoms with Gasteiger partial charge in [-0.3, -0.25) is 14.6 Å². The van der Waals surface area contributed by atoms with E-state index in [4.69, 9.17) is 0 Å². The molecule has 8 nitrogen and oxygen atoms in total. The van der Waals surface area contributed by atoms with Gasteiger partial charge >= 0.3 is 0 Å². The summed E-state index contributed by atoms with van der Waals surface area (Å²) in [6.07, 6.45) is 4.56. The van der Waals surface area contributed by atoms with Crippen molar-refractivity contribution in [2.75, 3.05) is 0 Å². The molecule has 0 fully saturated rings. The van der Waals surface area contributed by atoms with Gasteiger partial charge in [-0.15, -0.1) is 0 Å². The maximum absolute atomic E-state index is 13.2. The van der Waals surface area contributed by atoms with Gasteiger partial charge in [0.05, 0.1) is 11.9 Å². The van der Waals surface area contributed by atoms with Crippen LogP contribution in [0.15, 0.2) is 58.7 Å². The number of hydrogen-bond acceptors (Lipinski definition) is 6. The molecule has 1 aromatic carbocycles. The molecule has 0 spiro atoms. The Labute approximate surface area is 158 Å². The van der Waals surface area contributed by atoms with Crippen molar-refractivity contribution in [1.82, 2.24) is 20.2 Å². The van der Waals surface area contributed by atoms with Crippen LogP contribution in [0.5, 0.6) is 0 Å². The largest absolute Gasteiger partial charge is 0.292 e. The van der Waals surface area contributed by atoms with Crippen LogP contribution in [-0.4, -0.2) is 26.9 Å². The summed E-state index contributed by atoms with van der Waals surface area (Å²) in [5, 5.41) is 17.2. The van der Waals surface area contributed by atoms with E-state index in [2.05, 4.69) is 20.6 Å². The van der Waals surface area contributed by atoms with Crippen LogP contribution < -0.4 is 11.0 Å². The first-order valence-electron chi connectivity index (χ1n) is 8.04. The fourth-order valence-corrected chi connectivity index (χ4v) is 2.38. The minimum atomic E-state index is -0.705. The van der Waals surface area contributed by atoms with Crippen LogP contribution in [-0.2, 0) is 0 Å². The zero-order chi connectivity index (χ0) is 20.1. The zero-order valence-electron chi connectivity index (χ0n) is 14.6. The van der Waals surface area contributed by atoms with Gasteiger partial charge in [0.25, 0.3) is 11.5 Å². The number of nitriles is 1. The minimum Gasteiger partial charge on any atom is -0.266 e. The van der Waals surface area contributed by atoms with Gasteiger partial charge in [0, 0.05) is 18.0 Å². The van der Waals surface area contributed by atoms with E-state index in [0.717, 1.165) is 16.8 Å². The number of rotatable bonds is 4. The number of carbonyl (C=O) groups excluding carboxylic acids is 1. The summed E-state index contributed by atoms with van der Waals surface area (Å²) in [6.45, 7) is 1.45.